The predicted octanol–water partition coefficient (Wildman–Crippen LogP) is 2.84. The molecule has 0 saturated carbocycles. The van der Waals surface area contributed by atoms with Crippen molar-refractivity contribution in [2.75, 3.05) is 33.2 Å². The molecule has 1 aliphatic rings. The second-order valence-corrected chi connectivity index (χ2v) is 6.37. The van der Waals surface area contributed by atoms with Crippen molar-refractivity contribution in [1.29, 1.82) is 0 Å². The summed E-state index contributed by atoms with van der Waals surface area (Å²) in [6.45, 7) is 6.79. The van der Waals surface area contributed by atoms with E-state index in [1.54, 1.807) is 0 Å². The van der Waals surface area contributed by atoms with Gasteiger partial charge in [-0.1, -0.05) is 30.7 Å². The number of rotatable bonds is 8. The van der Waals surface area contributed by atoms with Gasteiger partial charge in [0.25, 0.3) is 0 Å². The van der Waals surface area contributed by atoms with Crippen LogP contribution in [0, 0.1) is 0 Å². The molecule has 3 heteroatoms. The van der Waals surface area contributed by atoms with Gasteiger partial charge in [-0.05, 0) is 70.0 Å². The Bertz CT molecular complexity index is 382. The summed E-state index contributed by atoms with van der Waals surface area (Å²) in [5.41, 5.74) is 8.22. The summed E-state index contributed by atoms with van der Waals surface area (Å²) in [6, 6.07) is 8.68. The summed E-state index contributed by atoms with van der Waals surface area (Å²) in [7, 11) is 2.22. The van der Waals surface area contributed by atoms with Crippen molar-refractivity contribution in [1.82, 2.24) is 9.80 Å². The smallest absolute Gasteiger partial charge is 0.0230 e. The molecule has 2 rings (SSSR count). The Morgan fingerprint density at radius 2 is 1.67 bits per heavy atom. The van der Waals surface area contributed by atoms with Crippen molar-refractivity contribution < 1.29 is 0 Å². The van der Waals surface area contributed by atoms with Crippen LogP contribution in [-0.4, -0.2) is 43.0 Å². The van der Waals surface area contributed by atoms with Gasteiger partial charge in [0.15, 0.2) is 0 Å². The van der Waals surface area contributed by atoms with Crippen molar-refractivity contribution in [3.05, 3.63) is 35.4 Å². The molecule has 3 nitrogen and oxygen atoms in total. The first-order valence-electron chi connectivity index (χ1n) is 8.47. The van der Waals surface area contributed by atoms with Crippen LogP contribution in [0.4, 0.5) is 0 Å². The monoisotopic (exact) mass is 289 g/mol. The number of piperidine rings is 1. The van der Waals surface area contributed by atoms with Crippen LogP contribution in [-0.2, 0) is 13.1 Å². The Balaban J connectivity index is 1.59. The number of nitrogens with two attached hydrogens (primary N) is 1. The Hall–Kier alpha value is -0.900. The highest BCUT2D eigenvalue weighted by atomic mass is 15.1. The fourth-order valence-electron chi connectivity index (χ4n) is 3.07. The molecule has 0 aliphatic carbocycles. The minimum atomic E-state index is 0.632. The molecule has 0 atom stereocenters. The van der Waals surface area contributed by atoms with Crippen LogP contribution in [0.25, 0.3) is 0 Å². The highest BCUT2D eigenvalue weighted by Crippen LogP contribution is 2.10. The molecule has 0 bridgehead atoms. The average molecular weight is 289 g/mol. The normalized spacial score (nSPS) is 16.5. The average Bonchev–Trinajstić information content (AvgIpc) is 2.53. The number of hydrogen-bond donors (Lipinski definition) is 1. The zero-order valence-corrected chi connectivity index (χ0v) is 13.6. The van der Waals surface area contributed by atoms with E-state index in [4.69, 9.17) is 5.73 Å². The molecule has 1 heterocycles. The lowest BCUT2D eigenvalue weighted by Gasteiger charge is -2.26. The zero-order chi connectivity index (χ0) is 14.9. The molecule has 1 aromatic carbocycles. The molecule has 0 amide bonds. The summed E-state index contributed by atoms with van der Waals surface area (Å²) >= 11 is 0. The maximum Gasteiger partial charge on any atom is 0.0230 e. The third kappa shape index (κ3) is 6.16. The SMILES string of the molecule is CN(CCCCN1CCCCC1)Cc1ccc(CN)cc1. The van der Waals surface area contributed by atoms with Crippen LogP contribution in [0.3, 0.4) is 0 Å². The molecule has 0 radical (unpaired) electrons. The quantitative estimate of drug-likeness (QED) is 0.747. The van der Waals surface area contributed by atoms with Gasteiger partial charge in [-0.2, -0.15) is 0 Å². The zero-order valence-electron chi connectivity index (χ0n) is 13.6. The minimum absolute atomic E-state index is 0.632. The summed E-state index contributed by atoms with van der Waals surface area (Å²) in [4.78, 5) is 5.06. The van der Waals surface area contributed by atoms with E-state index < -0.39 is 0 Å². The van der Waals surface area contributed by atoms with Gasteiger partial charge in [-0.3, -0.25) is 0 Å². The number of unbranched alkanes of at least 4 members (excludes halogenated alkanes) is 1. The van der Waals surface area contributed by atoms with E-state index in [1.807, 2.05) is 0 Å². The largest absolute Gasteiger partial charge is 0.326 e. The molecule has 0 spiro atoms. The molecule has 21 heavy (non-hydrogen) atoms. The molecule has 1 fully saturated rings. The second-order valence-electron chi connectivity index (χ2n) is 6.37. The summed E-state index contributed by atoms with van der Waals surface area (Å²) < 4.78 is 0. The standard InChI is InChI=1S/C18H31N3/c1-20(16-18-9-7-17(15-19)8-10-18)11-5-6-14-21-12-3-2-4-13-21/h7-10H,2-6,11-16,19H2,1H3. The Morgan fingerprint density at radius 1 is 1.00 bits per heavy atom. The fraction of sp³-hybridized carbons (Fsp3) is 0.667. The van der Waals surface area contributed by atoms with Crippen molar-refractivity contribution in [2.24, 2.45) is 5.73 Å². The molecular formula is C18H31N3. The fourth-order valence-corrected chi connectivity index (χ4v) is 3.07. The third-order valence-corrected chi connectivity index (χ3v) is 4.42. The summed E-state index contributed by atoms with van der Waals surface area (Å²) in [5, 5.41) is 0. The Labute approximate surface area is 130 Å². The number of hydrogen-bond acceptors (Lipinski definition) is 3. The maximum atomic E-state index is 5.63. The maximum absolute atomic E-state index is 5.63. The molecule has 118 valence electrons. The number of nitrogens with zero attached hydrogens (tertiary/aromatic N) is 2. The predicted molar refractivity (Wildman–Crippen MR) is 90.2 cm³/mol. The van der Waals surface area contributed by atoms with Crippen LogP contribution < -0.4 is 5.73 Å². The molecule has 0 aromatic heterocycles. The Kier molecular flexibility index (Phi) is 7.20. The summed E-state index contributed by atoms with van der Waals surface area (Å²) in [5.74, 6) is 0. The lowest BCUT2D eigenvalue weighted by molar-refractivity contribution is 0.218. The van der Waals surface area contributed by atoms with E-state index >= 15 is 0 Å². The van der Waals surface area contributed by atoms with Crippen molar-refractivity contribution in [3.63, 3.8) is 0 Å². The highest BCUT2D eigenvalue weighted by Gasteiger charge is 2.09. The van der Waals surface area contributed by atoms with Crippen LogP contribution >= 0.6 is 0 Å². The molecular weight excluding hydrogens is 258 g/mol. The molecule has 2 N–H and O–H groups in total. The van der Waals surface area contributed by atoms with Gasteiger partial charge in [0.1, 0.15) is 0 Å². The van der Waals surface area contributed by atoms with Gasteiger partial charge in [0.05, 0.1) is 0 Å². The van der Waals surface area contributed by atoms with Crippen LogP contribution in [0.15, 0.2) is 24.3 Å². The van der Waals surface area contributed by atoms with Crippen LogP contribution in [0.2, 0.25) is 0 Å². The van der Waals surface area contributed by atoms with Gasteiger partial charge in [-0.15, -0.1) is 0 Å². The van der Waals surface area contributed by atoms with E-state index in [9.17, 15) is 0 Å². The van der Waals surface area contributed by atoms with Gasteiger partial charge >= 0.3 is 0 Å². The van der Waals surface area contributed by atoms with Gasteiger partial charge in [-0.25, -0.2) is 0 Å². The number of likely N-dealkylation sites (tertiary alicyclic amines) is 1. The van der Waals surface area contributed by atoms with Crippen molar-refractivity contribution >= 4 is 0 Å². The van der Waals surface area contributed by atoms with E-state index in [0.717, 1.165) is 6.54 Å². The van der Waals surface area contributed by atoms with Gasteiger partial charge < -0.3 is 15.5 Å². The van der Waals surface area contributed by atoms with E-state index in [-0.39, 0.29) is 0 Å². The van der Waals surface area contributed by atoms with Crippen molar-refractivity contribution in [2.45, 2.75) is 45.2 Å². The van der Waals surface area contributed by atoms with E-state index in [0.29, 0.717) is 6.54 Å². The lowest BCUT2D eigenvalue weighted by Crippen LogP contribution is -2.31. The van der Waals surface area contributed by atoms with Crippen LogP contribution in [0.5, 0.6) is 0 Å². The molecule has 0 unspecified atom stereocenters. The minimum Gasteiger partial charge on any atom is -0.326 e. The molecule has 1 aromatic rings. The van der Waals surface area contributed by atoms with Crippen LogP contribution in [0.1, 0.15) is 43.2 Å². The van der Waals surface area contributed by atoms with Crippen molar-refractivity contribution in [3.8, 4) is 0 Å². The van der Waals surface area contributed by atoms with E-state index in [2.05, 4.69) is 41.1 Å². The first-order valence-corrected chi connectivity index (χ1v) is 8.47. The molecule has 1 saturated heterocycles. The lowest BCUT2D eigenvalue weighted by atomic mass is 10.1. The summed E-state index contributed by atoms with van der Waals surface area (Å²) in [6.07, 6.45) is 6.86. The number of benzene rings is 1. The van der Waals surface area contributed by atoms with Gasteiger partial charge in [0.2, 0.25) is 0 Å². The van der Waals surface area contributed by atoms with E-state index in [1.165, 1.54) is 69.4 Å². The second kappa shape index (κ2) is 9.19. The van der Waals surface area contributed by atoms with Gasteiger partial charge in [0, 0.05) is 13.1 Å². The highest BCUT2D eigenvalue weighted by molar-refractivity contribution is 5.22. The Morgan fingerprint density at radius 3 is 2.33 bits per heavy atom. The first-order chi connectivity index (χ1) is 10.3. The topological polar surface area (TPSA) is 32.5 Å². The third-order valence-electron chi connectivity index (χ3n) is 4.42. The first kappa shape index (κ1) is 16.5. The molecule has 1 aliphatic heterocycles.